The molecule has 0 fully saturated rings. The van der Waals surface area contributed by atoms with Crippen molar-refractivity contribution in [3.8, 4) is 0 Å². The SMILES string of the molecule is NC(=O)CCN(C(=O)CSCC(O)c1ccccc1)c1ccc(F)cc1. The van der Waals surface area contributed by atoms with Crippen LogP contribution in [0.3, 0.4) is 0 Å². The number of carbonyl (C=O) groups is 2. The Bertz CT molecular complexity index is 725. The predicted molar refractivity (Wildman–Crippen MR) is 101 cm³/mol. The first-order valence-corrected chi connectivity index (χ1v) is 9.28. The van der Waals surface area contributed by atoms with Gasteiger partial charge < -0.3 is 15.7 Å². The van der Waals surface area contributed by atoms with Crippen molar-refractivity contribution in [3.05, 3.63) is 66.0 Å². The van der Waals surface area contributed by atoms with E-state index in [0.29, 0.717) is 11.4 Å². The number of rotatable bonds is 9. The summed E-state index contributed by atoms with van der Waals surface area (Å²) in [4.78, 5) is 25.0. The molecule has 0 aromatic heterocycles. The average Bonchev–Trinajstić information content (AvgIpc) is 2.63. The van der Waals surface area contributed by atoms with E-state index in [1.54, 1.807) is 0 Å². The lowest BCUT2D eigenvalue weighted by molar-refractivity contribution is -0.118. The molecule has 2 amide bonds. The number of aliphatic hydroxyl groups excluding tert-OH is 1. The number of hydrogen-bond acceptors (Lipinski definition) is 4. The summed E-state index contributed by atoms with van der Waals surface area (Å²) in [6.45, 7) is 0.127. The van der Waals surface area contributed by atoms with Gasteiger partial charge in [-0.15, -0.1) is 11.8 Å². The Kier molecular flexibility index (Phi) is 7.62. The molecule has 0 aliphatic rings. The zero-order chi connectivity index (χ0) is 18.9. The van der Waals surface area contributed by atoms with Crippen molar-refractivity contribution in [2.45, 2.75) is 12.5 Å². The Hall–Kier alpha value is -2.38. The second-order valence-corrected chi connectivity index (χ2v) is 6.71. The van der Waals surface area contributed by atoms with Gasteiger partial charge in [0.05, 0.1) is 11.9 Å². The van der Waals surface area contributed by atoms with Gasteiger partial charge in [0.15, 0.2) is 0 Å². The molecule has 26 heavy (non-hydrogen) atoms. The van der Waals surface area contributed by atoms with Gasteiger partial charge in [-0.1, -0.05) is 30.3 Å². The predicted octanol–water partition coefficient (Wildman–Crippen LogP) is 2.50. The summed E-state index contributed by atoms with van der Waals surface area (Å²) in [6.07, 6.45) is -0.653. The molecule has 0 bridgehead atoms. The van der Waals surface area contributed by atoms with Crippen molar-refractivity contribution < 1.29 is 19.1 Å². The molecule has 138 valence electrons. The Labute approximate surface area is 156 Å². The molecule has 2 aromatic carbocycles. The number of aliphatic hydroxyl groups is 1. The molecule has 2 rings (SSSR count). The number of thioether (sulfide) groups is 1. The number of hydrogen-bond donors (Lipinski definition) is 2. The van der Waals surface area contributed by atoms with Crippen LogP contribution >= 0.6 is 11.8 Å². The standard InChI is InChI=1S/C19H21FN2O3S/c20-15-6-8-16(9-7-15)22(11-10-18(21)24)19(25)13-26-12-17(23)14-4-2-1-3-5-14/h1-9,17,23H,10-13H2,(H2,21,24). The maximum atomic E-state index is 13.1. The normalized spacial score (nSPS) is 11.8. The van der Waals surface area contributed by atoms with Gasteiger partial charge in [-0.2, -0.15) is 0 Å². The van der Waals surface area contributed by atoms with Crippen LogP contribution in [0.1, 0.15) is 18.1 Å². The molecule has 2 aromatic rings. The smallest absolute Gasteiger partial charge is 0.236 e. The Morgan fingerprint density at radius 2 is 1.77 bits per heavy atom. The van der Waals surface area contributed by atoms with Crippen molar-refractivity contribution in [1.29, 1.82) is 0 Å². The van der Waals surface area contributed by atoms with Crippen LogP contribution in [0.5, 0.6) is 0 Å². The third kappa shape index (κ3) is 6.16. The second kappa shape index (κ2) is 9.94. The highest BCUT2D eigenvalue weighted by Gasteiger charge is 2.17. The Balaban J connectivity index is 1.95. The number of halogens is 1. The van der Waals surface area contributed by atoms with E-state index in [4.69, 9.17) is 5.73 Å². The molecular formula is C19H21FN2O3S. The van der Waals surface area contributed by atoms with E-state index in [0.717, 1.165) is 5.56 Å². The van der Waals surface area contributed by atoms with Crippen LogP contribution in [-0.4, -0.2) is 35.0 Å². The second-order valence-electron chi connectivity index (χ2n) is 5.68. The quantitative estimate of drug-likeness (QED) is 0.704. The van der Waals surface area contributed by atoms with E-state index in [1.807, 2.05) is 30.3 Å². The van der Waals surface area contributed by atoms with Crippen LogP contribution in [0.4, 0.5) is 10.1 Å². The molecule has 5 nitrogen and oxygen atoms in total. The van der Waals surface area contributed by atoms with Gasteiger partial charge in [0.25, 0.3) is 0 Å². The van der Waals surface area contributed by atoms with Crippen LogP contribution < -0.4 is 10.6 Å². The molecule has 0 heterocycles. The maximum absolute atomic E-state index is 13.1. The van der Waals surface area contributed by atoms with Crippen molar-refractivity contribution in [1.82, 2.24) is 0 Å². The van der Waals surface area contributed by atoms with E-state index >= 15 is 0 Å². The summed E-state index contributed by atoms with van der Waals surface area (Å²) in [7, 11) is 0. The number of nitrogens with two attached hydrogens (primary N) is 1. The van der Waals surface area contributed by atoms with Crippen LogP contribution in [-0.2, 0) is 9.59 Å². The van der Waals surface area contributed by atoms with Crippen molar-refractivity contribution in [3.63, 3.8) is 0 Å². The third-order valence-electron chi connectivity index (χ3n) is 3.71. The minimum absolute atomic E-state index is 0.0143. The number of nitrogens with zero attached hydrogens (tertiary/aromatic N) is 1. The van der Waals surface area contributed by atoms with Crippen LogP contribution in [0.15, 0.2) is 54.6 Å². The average molecular weight is 376 g/mol. The molecule has 0 saturated carbocycles. The third-order valence-corrected chi connectivity index (χ3v) is 4.71. The van der Waals surface area contributed by atoms with Crippen molar-refractivity contribution in [2.24, 2.45) is 5.73 Å². The van der Waals surface area contributed by atoms with Gasteiger partial charge in [-0.3, -0.25) is 9.59 Å². The largest absolute Gasteiger partial charge is 0.388 e. The van der Waals surface area contributed by atoms with Gasteiger partial charge >= 0.3 is 0 Å². The Morgan fingerprint density at radius 1 is 1.12 bits per heavy atom. The van der Waals surface area contributed by atoms with Crippen LogP contribution in [0, 0.1) is 5.82 Å². The fourth-order valence-electron chi connectivity index (χ4n) is 2.35. The van der Waals surface area contributed by atoms with E-state index < -0.39 is 17.8 Å². The topological polar surface area (TPSA) is 83.6 Å². The highest BCUT2D eigenvalue weighted by molar-refractivity contribution is 8.00. The number of amides is 2. The van der Waals surface area contributed by atoms with E-state index in [2.05, 4.69) is 0 Å². The zero-order valence-electron chi connectivity index (χ0n) is 14.2. The molecule has 3 N–H and O–H groups in total. The maximum Gasteiger partial charge on any atom is 0.236 e. The summed E-state index contributed by atoms with van der Waals surface area (Å²) < 4.78 is 13.1. The molecule has 0 spiro atoms. The highest BCUT2D eigenvalue weighted by Crippen LogP contribution is 2.20. The summed E-state index contributed by atoms with van der Waals surface area (Å²) in [6, 6.07) is 14.7. The first-order chi connectivity index (χ1) is 12.5. The molecule has 0 aliphatic heterocycles. The van der Waals surface area contributed by atoms with E-state index in [-0.39, 0.29) is 24.6 Å². The van der Waals surface area contributed by atoms with E-state index in [9.17, 15) is 19.1 Å². The van der Waals surface area contributed by atoms with Gasteiger partial charge in [-0.05, 0) is 29.8 Å². The minimum Gasteiger partial charge on any atom is -0.388 e. The first-order valence-electron chi connectivity index (χ1n) is 8.12. The highest BCUT2D eigenvalue weighted by atomic mass is 32.2. The van der Waals surface area contributed by atoms with Gasteiger partial charge in [0.1, 0.15) is 5.82 Å². The minimum atomic E-state index is -0.668. The van der Waals surface area contributed by atoms with Crippen LogP contribution in [0.25, 0.3) is 0 Å². The zero-order valence-corrected chi connectivity index (χ0v) is 15.0. The fourth-order valence-corrected chi connectivity index (χ4v) is 3.21. The Morgan fingerprint density at radius 3 is 2.38 bits per heavy atom. The lowest BCUT2D eigenvalue weighted by Gasteiger charge is -2.22. The number of primary amides is 1. The molecule has 0 saturated heterocycles. The molecule has 1 unspecified atom stereocenters. The summed E-state index contributed by atoms with van der Waals surface area (Å²) >= 11 is 1.29. The summed E-state index contributed by atoms with van der Waals surface area (Å²) in [5.41, 5.74) is 6.46. The molecule has 7 heteroatoms. The first kappa shape index (κ1) is 19.9. The molecule has 1 atom stereocenters. The van der Waals surface area contributed by atoms with Gasteiger partial charge in [-0.25, -0.2) is 4.39 Å². The number of carbonyl (C=O) groups excluding carboxylic acids is 2. The molecule has 0 radical (unpaired) electrons. The van der Waals surface area contributed by atoms with Crippen molar-refractivity contribution in [2.75, 3.05) is 23.0 Å². The van der Waals surface area contributed by atoms with Crippen molar-refractivity contribution >= 4 is 29.3 Å². The molecule has 0 aliphatic carbocycles. The van der Waals surface area contributed by atoms with Gasteiger partial charge in [0.2, 0.25) is 11.8 Å². The fraction of sp³-hybridized carbons (Fsp3) is 0.263. The lowest BCUT2D eigenvalue weighted by atomic mass is 10.1. The summed E-state index contributed by atoms with van der Waals surface area (Å²) in [5, 5.41) is 10.1. The monoisotopic (exact) mass is 376 g/mol. The number of anilines is 1. The van der Waals surface area contributed by atoms with E-state index in [1.165, 1.54) is 40.9 Å². The summed E-state index contributed by atoms with van der Waals surface area (Å²) in [5.74, 6) is -0.667. The molecular weight excluding hydrogens is 355 g/mol. The number of benzene rings is 2. The van der Waals surface area contributed by atoms with Gasteiger partial charge in [0, 0.05) is 24.4 Å². The lowest BCUT2D eigenvalue weighted by Crippen LogP contribution is -2.35. The van der Waals surface area contributed by atoms with Crippen LogP contribution in [0.2, 0.25) is 0 Å².